The first kappa shape index (κ1) is 11.9. The fourth-order valence-corrected chi connectivity index (χ4v) is 2.24. The number of nitrogens with zero attached hydrogens (tertiary/aromatic N) is 3. The molecule has 1 aromatic heterocycles. The summed E-state index contributed by atoms with van der Waals surface area (Å²) in [5.74, 6) is 0. The molecular formula is C15H10ClN3. The van der Waals surface area contributed by atoms with Crippen molar-refractivity contribution in [3.05, 3.63) is 46.0 Å². The Morgan fingerprint density at radius 3 is 1.89 bits per heavy atom. The van der Waals surface area contributed by atoms with Gasteiger partial charge in [0.15, 0.2) is 0 Å². The van der Waals surface area contributed by atoms with Crippen LogP contribution < -0.4 is 0 Å². The molecule has 0 saturated carbocycles. The number of fused-ring (bicyclic) bond motifs is 2. The first-order valence-electron chi connectivity index (χ1n) is 5.87. The minimum atomic E-state index is 0.410. The van der Waals surface area contributed by atoms with Crippen LogP contribution in [0.1, 0.15) is 16.7 Å². The van der Waals surface area contributed by atoms with Crippen LogP contribution in [0.5, 0.6) is 0 Å². The lowest BCUT2D eigenvalue weighted by molar-refractivity contribution is 1.31. The van der Waals surface area contributed by atoms with Crippen molar-refractivity contribution in [3.63, 3.8) is 0 Å². The topological polar surface area (TPSA) is 49.6 Å². The quantitative estimate of drug-likeness (QED) is 0.580. The number of nitriles is 1. The van der Waals surface area contributed by atoms with Gasteiger partial charge in [-0.1, -0.05) is 11.6 Å². The molecule has 2 aromatic carbocycles. The Hall–Kier alpha value is -2.18. The van der Waals surface area contributed by atoms with E-state index in [1.165, 1.54) is 11.1 Å². The molecular weight excluding hydrogens is 258 g/mol. The summed E-state index contributed by atoms with van der Waals surface area (Å²) in [5, 5.41) is 9.40. The van der Waals surface area contributed by atoms with Gasteiger partial charge in [0, 0.05) is 0 Å². The van der Waals surface area contributed by atoms with Crippen LogP contribution in [0.3, 0.4) is 0 Å². The van der Waals surface area contributed by atoms with Crippen molar-refractivity contribution in [1.82, 2.24) is 9.97 Å². The minimum absolute atomic E-state index is 0.410. The lowest BCUT2D eigenvalue weighted by atomic mass is 10.1. The smallest absolute Gasteiger partial charge is 0.101 e. The summed E-state index contributed by atoms with van der Waals surface area (Å²) in [4.78, 5) is 9.12. The summed E-state index contributed by atoms with van der Waals surface area (Å²) in [5.41, 5.74) is 5.86. The Morgan fingerprint density at radius 2 is 1.37 bits per heavy atom. The van der Waals surface area contributed by atoms with Crippen LogP contribution in [-0.2, 0) is 0 Å². The molecule has 3 rings (SSSR count). The molecule has 0 bridgehead atoms. The van der Waals surface area contributed by atoms with Crippen LogP contribution >= 0.6 is 11.6 Å². The first-order valence-corrected chi connectivity index (χ1v) is 6.24. The molecule has 0 aliphatic carbocycles. The SMILES string of the molecule is Cc1cc2nc3cc(Cl)c(C#N)cc3nc2cc1C. The van der Waals surface area contributed by atoms with Crippen LogP contribution in [0.4, 0.5) is 0 Å². The van der Waals surface area contributed by atoms with Crippen LogP contribution in [0.2, 0.25) is 5.02 Å². The molecule has 1 heterocycles. The molecule has 19 heavy (non-hydrogen) atoms. The van der Waals surface area contributed by atoms with E-state index in [2.05, 4.69) is 16.0 Å². The van der Waals surface area contributed by atoms with E-state index in [4.69, 9.17) is 16.9 Å². The van der Waals surface area contributed by atoms with Gasteiger partial charge in [-0.2, -0.15) is 5.26 Å². The van der Waals surface area contributed by atoms with Gasteiger partial charge in [-0.15, -0.1) is 0 Å². The van der Waals surface area contributed by atoms with Crippen molar-refractivity contribution in [2.45, 2.75) is 13.8 Å². The highest BCUT2D eigenvalue weighted by molar-refractivity contribution is 6.32. The fraction of sp³-hybridized carbons (Fsp3) is 0.133. The normalized spacial score (nSPS) is 10.8. The summed E-state index contributed by atoms with van der Waals surface area (Å²) in [6.07, 6.45) is 0. The van der Waals surface area contributed by atoms with Crippen molar-refractivity contribution in [1.29, 1.82) is 5.26 Å². The van der Waals surface area contributed by atoms with E-state index in [0.29, 0.717) is 21.6 Å². The molecule has 0 aliphatic heterocycles. The Kier molecular flexibility index (Phi) is 2.62. The van der Waals surface area contributed by atoms with Crippen molar-refractivity contribution in [2.24, 2.45) is 0 Å². The maximum absolute atomic E-state index is 8.99. The predicted octanol–water partition coefficient (Wildman–Crippen LogP) is 3.92. The van der Waals surface area contributed by atoms with E-state index >= 15 is 0 Å². The molecule has 0 aliphatic rings. The molecule has 0 spiro atoms. The molecule has 0 radical (unpaired) electrons. The number of aryl methyl sites for hydroxylation is 2. The third-order valence-electron chi connectivity index (χ3n) is 3.26. The van der Waals surface area contributed by atoms with Gasteiger partial charge in [0.2, 0.25) is 0 Å². The Morgan fingerprint density at radius 1 is 0.895 bits per heavy atom. The second-order valence-corrected chi connectivity index (χ2v) is 4.99. The number of rotatable bonds is 0. The van der Waals surface area contributed by atoms with Crippen LogP contribution in [-0.4, -0.2) is 9.97 Å². The molecule has 0 saturated heterocycles. The van der Waals surface area contributed by atoms with Crippen LogP contribution in [0.15, 0.2) is 24.3 Å². The standard InChI is InChI=1S/C15H10ClN3/c1-8-3-12-13(4-9(8)2)19-15-6-11(16)10(7-17)5-14(15)18-12/h3-6H,1-2H3. The molecule has 0 atom stereocenters. The van der Waals surface area contributed by atoms with E-state index in [1.54, 1.807) is 12.1 Å². The minimum Gasteiger partial charge on any atom is -0.244 e. The van der Waals surface area contributed by atoms with Gasteiger partial charge in [-0.3, -0.25) is 0 Å². The lowest BCUT2D eigenvalue weighted by Crippen LogP contribution is -1.91. The molecule has 0 fully saturated rings. The third-order valence-corrected chi connectivity index (χ3v) is 3.57. The average Bonchev–Trinajstić information content (AvgIpc) is 2.38. The molecule has 4 heteroatoms. The van der Waals surface area contributed by atoms with Crippen LogP contribution in [0.25, 0.3) is 22.1 Å². The average molecular weight is 268 g/mol. The van der Waals surface area contributed by atoms with Crippen molar-refractivity contribution < 1.29 is 0 Å². The predicted molar refractivity (Wildman–Crippen MR) is 76.2 cm³/mol. The maximum atomic E-state index is 8.99. The fourth-order valence-electron chi connectivity index (χ4n) is 2.04. The molecule has 92 valence electrons. The zero-order valence-corrected chi connectivity index (χ0v) is 11.3. The van der Waals surface area contributed by atoms with Gasteiger partial charge in [0.25, 0.3) is 0 Å². The van der Waals surface area contributed by atoms with Gasteiger partial charge in [0.1, 0.15) is 6.07 Å². The second kappa shape index (κ2) is 4.18. The summed E-state index contributed by atoms with van der Waals surface area (Å²) >= 11 is 6.02. The molecule has 0 unspecified atom stereocenters. The molecule has 0 amide bonds. The highest BCUT2D eigenvalue weighted by Gasteiger charge is 2.07. The number of aromatic nitrogens is 2. The van der Waals surface area contributed by atoms with E-state index < -0.39 is 0 Å². The number of hydrogen-bond acceptors (Lipinski definition) is 3. The molecule has 3 nitrogen and oxygen atoms in total. The van der Waals surface area contributed by atoms with Crippen molar-refractivity contribution in [2.75, 3.05) is 0 Å². The zero-order chi connectivity index (χ0) is 13.6. The van der Waals surface area contributed by atoms with E-state index in [0.717, 1.165) is 11.0 Å². The van der Waals surface area contributed by atoms with Gasteiger partial charge in [0.05, 0.1) is 32.7 Å². The molecule has 0 N–H and O–H groups in total. The summed E-state index contributed by atoms with van der Waals surface area (Å²) in [6, 6.07) is 9.46. The summed E-state index contributed by atoms with van der Waals surface area (Å²) in [6.45, 7) is 4.09. The van der Waals surface area contributed by atoms with Crippen molar-refractivity contribution >= 4 is 33.7 Å². The Bertz CT molecular complexity index is 863. The van der Waals surface area contributed by atoms with Gasteiger partial charge in [-0.05, 0) is 49.2 Å². The lowest BCUT2D eigenvalue weighted by Gasteiger charge is -2.05. The van der Waals surface area contributed by atoms with Gasteiger partial charge >= 0.3 is 0 Å². The van der Waals surface area contributed by atoms with E-state index in [-0.39, 0.29) is 0 Å². The van der Waals surface area contributed by atoms with Gasteiger partial charge in [-0.25, -0.2) is 9.97 Å². The zero-order valence-electron chi connectivity index (χ0n) is 10.5. The number of hydrogen-bond donors (Lipinski definition) is 0. The monoisotopic (exact) mass is 267 g/mol. The number of halogens is 1. The largest absolute Gasteiger partial charge is 0.244 e. The third kappa shape index (κ3) is 1.91. The highest BCUT2D eigenvalue weighted by Crippen LogP contribution is 2.24. The molecule has 3 aromatic rings. The summed E-state index contributed by atoms with van der Waals surface area (Å²) < 4.78 is 0. The number of benzene rings is 2. The van der Waals surface area contributed by atoms with Gasteiger partial charge < -0.3 is 0 Å². The van der Waals surface area contributed by atoms with E-state index in [9.17, 15) is 0 Å². The van der Waals surface area contributed by atoms with Crippen molar-refractivity contribution in [3.8, 4) is 6.07 Å². The highest BCUT2D eigenvalue weighted by atomic mass is 35.5. The maximum Gasteiger partial charge on any atom is 0.101 e. The Labute approximate surface area is 115 Å². The first-order chi connectivity index (χ1) is 9.08. The Balaban J connectivity index is 2.42. The van der Waals surface area contributed by atoms with Crippen LogP contribution in [0, 0.1) is 25.2 Å². The summed E-state index contributed by atoms with van der Waals surface area (Å²) in [7, 11) is 0. The second-order valence-electron chi connectivity index (χ2n) is 4.58. The van der Waals surface area contributed by atoms with E-state index in [1.807, 2.05) is 26.0 Å².